The van der Waals surface area contributed by atoms with Crippen LogP contribution in [0.25, 0.3) is 16.4 Å². The zero-order valence-corrected chi connectivity index (χ0v) is 19.0. The molecule has 1 N–H and O–H groups in total. The van der Waals surface area contributed by atoms with Crippen LogP contribution >= 0.6 is 11.3 Å². The average molecular weight is 427 g/mol. The summed E-state index contributed by atoms with van der Waals surface area (Å²) in [6.07, 6.45) is 3.78. The van der Waals surface area contributed by atoms with E-state index >= 15 is 0 Å². The van der Waals surface area contributed by atoms with Gasteiger partial charge < -0.3 is 10.1 Å². The number of nitrogens with one attached hydrogen (secondary N) is 1. The highest BCUT2D eigenvalue weighted by molar-refractivity contribution is 7.12. The van der Waals surface area contributed by atoms with E-state index in [0.29, 0.717) is 12.4 Å². The molecular weight excluding hydrogens is 396 g/mol. The van der Waals surface area contributed by atoms with Crippen molar-refractivity contribution in [2.24, 2.45) is 5.92 Å². The Kier molecular flexibility index (Phi) is 7.63. The second-order valence-corrected chi connectivity index (χ2v) is 8.16. The number of thiazole rings is 1. The van der Waals surface area contributed by atoms with Crippen molar-refractivity contribution in [1.29, 1.82) is 0 Å². The molecule has 0 saturated carbocycles. The Balaban J connectivity index is 1.81. The van der Waals surface area contributed by atoms with Gasteiger partial charge in [0.2, 0.25) is 11.0 Å². The topological polar surface area (TPSA) is 69.0 Å². The smallest absolute Gasteiger partial charge is 0.228 e. The molecule has 0 aliphatic rings. The fourth-order valence-corrected chi connectivity index (χ4v) is 4.24. The molecule has 0 saturated heterocycles. The van der Waals surface area contributed by atoms with Gasteiger partial charge in [0.15, 0.2) is 0 Å². The van der Waals surface area contributed by atoms with E-state index in [1.165, 1.54) is 11.3 Å². The average Bonchev–Trinajstić information content (AvgIpc) is 3.35. The Hall–Kier alpha value is -2.67. The highest BCUT2D eigenvalue weighted by Gasteiger charge is 2.20. The molecule has 0 bridgehead atoms. The van der Waals surface area contributed by atoms with Crippen LogP contribution in [0.15, 0.2) is 35.7 Å². The van der Waals surface area contributed by atoms with Crippen LogP contribution in [0.5, 0.6) is 5.75 Å². The van der Waals surface area contributed by atoms with Gasteiger partial charge in [-0.2, -0.15) is 9.78 Å². The van der Waals surface area contributed by atoms with Crippen molar-refractivity contribution in [2.75, 3.05) is 11.9 Å². The van der Waals surface area contributed by atoms with E-state index in [0.717, 1.165) is 53.5 Å². The first-order valence-corrected chi connectivity index (χ1v) is 11.5. The summed E-state index contributed by atoms with van der Waals surface area (Å²) >= 11 is 1.50. The van der Waals surface area contributed by atoms with Crippen molar-refractivity contribution in [1.82, 2.24) is 14.8 Å². The largest absolute Gasteiger partial charge is 0.494 e. The summed E-state index contributed by atoms with van der Waals surface area (Å²) in [7, 11) is 0. The van der Waals surface area contributed by atoms with Crippen LogP contribution in [0.4, 0.5) is 5.82 Å². The van der Waals surface area contributed by atoms with Gasteiger partial charge in [-0.15, -0.1) is 11.3 Å². The van der Waals surface area contributed by atoms with Gasteiger partial charge in [0.25, 0.3) is 0 Å². The first kappa shape index (κ1) is 22.0. The third kappa shape index (κ3) is 5.27. The third-order valence-electron chi connectivity index (χ3n) is 4.86. The molecular formula is C23H30N4O2S. The molecule has 0 aliphatic carbocycles. The molecule has 2 aromatic heterocycles. The summed E-state index contributed by atoms with van der Waals surface area (Å²) in [4.78, 5) is 17.6. The lowest BCUT2D eigenvalue weighted by molar-refractivity contribution is -0.120. The first-order chi connectivity index (χ1) is 14.5. The van der Waals surface area contributed by atoms with Crippen LogP contribution in [0.1, 0.15) is 52.1 Å². The second-order valence-electron chi connectivity index (χ2n) is 7.32. The molecule has 0 unspecified atom stereocenters. The Bertz CT molecular complexity index is 956. The Labute approximate surface area is 182 Å². The van der Waals surface area contributed by atoms with E-state index in [2.05, 4.69) is 24.3 Å². The Morgan fingerprint density at radius 1 is 1.17 bits per heavy atom. The number of rotatable bonds is 10. The maximum atomic E-state index is 12.8. The summed E-state index contributed by atoms with van der Waals surface area (Å²) < 4.78 is 7.24. The van der Waals surface area contributed by atoms with E-state index in [-0.39, 0.29) is 11.8 Å². The van der Waals surface area contributed by atoms with Gasteiger partial charge in [0, 0.05) is 22.9 Å². The van der Waals surface area contributed by atoms with Gasteiger partial charge in [0.1, 0.15) is 11.6 Å². The maximum Gasteiger partial charge on any atom is 0.228 e. The van der Waals surface area contributed by atoms with Crippen LogP contribution in [0.2, 0.25) is 0 Å². The lowest BCUT2D eigenvalue weighted by atomic mass is 9.97. The van der Waals surface area contributed by atoms with E-state index in [9.17, 15) is 4.79 Å². The monoisotopic (exact) mass is 426 g/mol. The van der Waals surface area contributed by atoms with Crippen molar-refractivity contribution in [3.05, 3.63) is 41.4 Å². The van der Waals surface area contributed by atoms with Crippen LogP contribution in [-0.2, 0) is 4.79 Å². The molecule has 2 heterocycles. The third-order valence-corrected chi connectivity index (χ3v) is 5.68. The van der Waals surface area contributed by atoms with Crippen molar-refractivity contribution >= 4 is 23.1 Å². The molecule has 160 valence electrons. The summed E-state index contributed by atoms with van der Waals surface area (Å²) in [5, 5.41) is 10.4. The molecule has 0 fully saturated rings. The summed E-state index contributed by atoms with van der Waals surface area (Å²) in [6, 6.07) is 9.79. The molecule has 30 heavy (non-hydrogen) atoms. The quantitative estimate of drug-likeness (QED) is 0.441. The molecule has 0 atom stereocenters. The van der Waals surface area contributed by atoms with Crippen LogP contribution < -0.4 is 10.1 Å². The van der Waals surface area contributed by atoms with E-state index in [1.807, 2.05) is 49.6 Å². The number of carbonyl (C=O) groups is 1. The fraction of sp³-hybridized carbons (Fsp3) is 0.435. The van der Waals surface area contributed by atoms with Crippen molar-refractivity contribution in [3.63, 3.8) is 0 Å². The highest BCUT2D eigenvalue weighted by Crippen LogP contribution is 2.28. The van der Waals surface area contributed by atoms with Gasteiger partial charge in [-0.1, -0.05) is 26.7 Å². The summed E-state index contributed by atoms with van der Waals surface area (Å²) in [5.74, 6) is 1.60. The number of anilines is 1. The van der Waals surface area contributed by atoms with Crippen molar-refractivity contribution in [3.8, 4) is 22.1 Å². The lowest BCUT2D eigenvalue weighted by Gasteiger charge is -2.15. The standard InChI is InChI=1S/C23H30N4O2S/c1-5-8-18(9-6-2)22(28)25-21-14-16(4)26-27(21)23-24-20(15-30-23)17-10-12-19(13-11-17)29-7-3/h10-15,18H,5-9H2,1-4H3,(H,25,28). The predicted octanol–water partition coefficient (Wildman–Crippen LogP) is 5.86. The van der Waals surface area contributed by atoms with E-state index in [4.69, 9.17) is 9.72 Å². The number of benzene rings is 1. The number of aromatic nitrogens is 3. The number of hydrogen-bond donors (Lipinski definition) is 1. The molecule has 3 rings (SSSR count). The summed E-state index contributed by atoms with van der Waals surface area (Å²) in [6.45, 7) is 8.76. The number of aryl methyl sites for hydroxylation is 1. The van der Waals surface area contributed by atoms with Gasteiger partial charge in [-0.25, -0.2) is 4.98 Å². The van der Waals surface area contributed by atoms with Crippen molar-refractivity contribution < 1.29 is 9.53 Å². The predicted molar refractivity (Wildman–Crippen MR) is 123 cm³/mol. The lowest BCUT2D eigenvalue weighted by Crippen LogP contribution is -2.24. The molecule has 0 radical (unpaired) electrons. The van der Waals surface area contributed by atoms with Crippen LogP contribution in [-0.4, -0.2) is 27.3 Å². The molecule has 3 aromatic rings. The Morgan fingerprint density at radius 2 is 1.87 bits per heavy atom. The minimum absolute atomic E-state index is 0.0272. The maximum absolute atomic E-state index is 12.8. The van der Waals surface area contributed by atoms with Gasteiger partial charge in [-0.05, 0) is 51.0 Å². The van der Waals surface area contributed by atoms with Crippen LogP contribution in [0, 0.1) is 12.8 Å². The molecule has 0 spiro atoms. The number of carbonyl (C=O) groups excluding carboxylic acids is 1. The van der Waals surface area contributed by atoms with Gasteiger partial charge in [0.05, 0.1) is 18.0 Å². The van der Waals surface area contributed by atoms with E-state index < -0.39 is 0 Å². The van der Waals surface area contributed by atoms with Crippen molar-refractivity contribution in [2.45, 2.75) is 53.4 Å². The zero-order chi connectivity index (χ0) is 21.5. The molecule has 7 heteroatoms. The second kappa shape index (κ2) is 10.4. The Morgan fingerprint density at radius 3 is 2.50 bits per heavy atom. The SMILES string of the molecule is CCCC(CCC)C(=O)Nc1cc(C)nn1-c1nc(-c2ccc(OCC)cc2)cs1. The zero-order valence-electron chi connectivity index (χ0n) is 18.1. The number of nitrogens with zero attached hydrogens (tertiary/aromatic N) is 3. The fourth-order valence-electron chi connectivity index (χ4n) is 3.45. The number of amides is 1. The minimum atomic E-state index is 0.0272. The molecule has 0 aliphatic heterocycles. The highest BCUT2D eigenvalue weighted by atomic mass is 32.1. The number of hydrogen-bond acceptors (Lipinski definition) is 5. The molecule has 1 aromatic carbocycles. The minimum Gasteiger partial charge on any atom is -0.494 e. The van der Waals surface area contributed by atoms with Gasteiger partial charge >= 0.3 is 0 Å². The summed E-state index contributed by atoms with van der Waals surface area (Å²) in [5.41, 5.74) is 2.73. The van der Waals surface area contributed by atoms with Gasteiger partial charge in [-0.3, -0.25) is 4.79 Å². The molecule has 1 amide bonds. The molecule has 6 nitrogen and oxygen atoms in total. The normalized spacial score (nSPS) is 11.1. The van der Waals surface area contributed by atoms with E-state index in [1.54, 1.807) is 4.68 Å². The first-order valence-electron chi connectivity index (χ1n) is 10.6. The van der Waals surface area contributed by atoms with Crippen LogP contribution in [0.3, 0.4) is 0 Å². The number of ether oxygens (including phenoxy) is 1.